The predicted octanol–water partition coefficient (Wildman–Crippen LogP) is -0.348. The molecule has 114 valence electrons. The number of urea groups is 1. The molecule has 2 amide bonds. The van der Waals surface area contributed by atoms with E-state index in [1.165, 1.54) is 4.90 Å². The Bertz CT molecular complexity index is 380. The number of β-amino-alcohol motifs (C(OH)–C–C–N with tert-alkyl or cyclic N) is 1. The Morgan fingerprint density at radius 2 is 1.75 bits per heavy atom. The predicted molar refractivity (Wildman–Crippen MR) is 72.4 cm³/mol. The monoisotopic (exact) mass is 285 g/mol. The fourth-order valence-corrected chi connectivity index (χ4v) is 2.87. The molecule has 2 atom stereocenters. The first-order valence-corrected chi connectivity index (χ1v) is 7.10. The van der Waals surface area contributed by atoms with Crippen molar-refractivity contribution in [3.8, 4) is 0 Å². The van der Waals surface area contributed by atoms with Crippen molar-refractivity contribution in [3.05, 3.63) is 0 Å². The minimum Gasteiger partial charge on any atom is -0.480 e. The van der Waals surface area contributed by atoms with E-state index in [-0.39, 0.29) is 19.0 Å². The van der Waals surface area contributed by atoms with Crippen molar-refractivity contribution < 1.29 is 19.8 Å². The molecule has 2 heterocycles. The molecule has 0 aromatic rings. The van der Waals surface area contributed by atoms with Gasteiger partial charge in [-0.2, -0.15) is 0 Å². The highest BCUT2D eigenvalue weighted by Gasteiger charge is 2.41. The molecule has 0 saturated carbocycles. The topological polar surface area (TPSA) is 84.3 Å². The molecule has 0 aromatic heterocycles. The molecular weight excluding hydrogens is 262 g/mol. The van der Waals surface area contributed by atoms with Gasteiger partial charge in [0.1, 0.15) is 6.04 Å². The Kier molecular flexibility index (Phi) is 4.49. The van der Waals surface area contributed by atoms with E-state index < -0.39 is 18.1 Å². The minimum absolute atomic E-state index is 0.111. The normalized spacial score (nSPS) is 28.2. The van der Waals surface area contributed by atoms with E-state index in [2.05, 4.69) is 18.7 Å². The molecule has 20 heavy (non-hydrogen) atoms. The van der Waals surface area contributed by atoms with Gasteiger partial charge in [0.05, 0.1) is 6.10 Å². The van der Waals surface area contributed by atoms with Crippen molar-refractivity contribution in [2.24, 2.45) is 0 Å². The van der Waals surface area contributed by atoms with Gasteiger partial charge >= 0.3 is 12.0 Å². The third-order valence-corrected chi connectivity index (χ3v) is 4.12. The van der Waals surface area contributed by atoms with Gasteiger partial charge < -0.3 is 20.0 Å². The summed E-state index contributed by atoms with van der Waals surface area (Å²) in [5.41, 5.74) is 0. The SMILES string of the molecule is CC(C)N1CCN(C(=O)N2C[C@H](O)C[C@@H]2C(=O)O)CC1. The fourth-order valence-electron chi connectivity index (χ4n) is 2.87. The van der Waals surface area contributed by atoms with E-state index in [1.54, 1.807) is 4.90 Å². The van der Waals surface area contributed by atoms with Crippen LogP contribution in [0.3, 0.4) is 0 Å². The summed E-state index contributed by atoms with van der Waals surface area (Å²) in [6.07, 6.45) is -0.621. The molecule has 2 N–H and O–H groups in total. The van der Waals surface area contributed by atoms with Crippen molar-refractivity contribution in [1.82, 2.24) is 14.7 Å². The number of hydrogen-bond donors (Lipinski definition) is 2. The number of likely N-dealkylation sites (tertiary alicyclic amines) is 1. The highest BCUT2D eigenvalue weighted by molar-refractivity contribution is 5.83. The molecule has 2 aliphatic rings. The van der Waals surface area contributed by atoms with Gasteiger partial charge in [0.25, 0.3) is 0 Å². The Morgan fingerprint density at radius 3 is 2.25 bits per heavy atom. The van der Waals surface area contributed by atoms with Crippen LogP contribution < -0.4 is 0 Å². The number of carboxylic acids is 1. The van der Waals surface area contributed by atoms with E-state index in [4.69, 9.17) is 5.11 Å². The number of piperazine rings is 1. The third kappa shape index (κ3) is 3.04. The Balaban J connectivity index is 1.96. The van der Waals surface area contributed by atoms with Gasteiger partial charge in [-0.15, -0.1) is 0 Å². The zero-order chi connectivity index (χ0) is 14.9. The van der Waals surface area contributed by atoms with Gasteiger partial charge in [0, 0.05) is 45.2 Å². The number of nitrogens with zero attached hydrogens (tertiary/aromatic N) is 3. The maximum atomic E-state index is 12.4. The van der Waals surface area contributed by atoms with Crippen LogP contribution in [0.4, 0.5) is 4.79 Å². The Hall–Kier alpha value is -1.34. The lowest BCUT2D eigenvalue weighted by molar-refractivity contribution is -0.141. The average Bonchev–Trinajstić information content (AvgIpc) is 2.80. The summed E-state index contributed by atoms with van der Waals surface area (Å²) >= 11 is 0. The number of rotatable bonds is 2. The Labute approximate surface area is 118 Å². The highest BCUT2D eigenvalue weighted by Crippen LogP contribution is 2.20. The number of carboxylic acid groups (broad SMARTS) is 1. The molecule has 0 aliphatic carbocycles. The molecule has 2 rings (SSSR count). The smallest absolute Gasteiger partial charge is 0.326 e. The van der Waals surface area contributed by atoms with Crippen LogP contribution in [0.2, 0.25) is 0 Å². The fraction of sp³-hybridized carbons (Fsp3) is 0.846. The molecule has 7 nitrogen and oxygen atoms in total. The molecule has 2 saturated heterocycles. The lowest BCUT2D eigenvalue weighted by Crippen LogP contribution is -2.55. The van der Waals surface area contributed by atoms with E-state index in [1.807, 2.05) is 0 Å². The molecule has 0 radical (unpaired) electrons. The summed E-state index contributed by atoms with van der Waals surface area (Å²) in [6, 6.07) is -0.717. The first kappa shape index (κ1) is 15.1. The van der Waals surface area contributed by atoms with Crippen LogP contribution in [0.5, 0.6) is 0 Å². The molecule has 0 aromatic carbocycles. The van der Waals surface area contributed by atoms with Crippen molar-refractivity contribution in [2.45, 2.75) is 38.5 Å². The second-order valence-corrected chi connectivity index (χ2v) is 5.80. The number of amides is 2. The van der Waals surface area contributed by atoms with Crippen LogP contribution in [-0.2, 0) is 4.79 Å². The van der Waals surface area contributed by atoms with Crippen LogP contribution in [0.1, 0.15) is 20.3 Å². The van der Waals surface area contributed by atoms with Gasteiger partial charge in [-0.05, 0) is 13.8 Å². The van der Waals surface area contributed by atoms with Gasteiger partial charge in [0.2, 0.25) is 0 Å². The molecule has 2 aliphatic heterocycles. The van der Waals surface area contributed by atoms with Crippen molar-refractivity contribution in [3.63, 3.8) is 0 Å². The van der Waals surface area contributed by atoms with Gasteiger partial charge in [-0.3, -0.25) is 4.90 Å². The zero-order valence-electron chi connectivity index (χ0n) is 12.0. The van der Waals surface area contributed by atoms with Crippen LogP contribution in [-0.4, -0.2) is 87.8 Å². The van der Waals surface area contributed by atoms with Crippen molar-refractivity contribution in [2.75, 3.05) is 32.7 Å². The van der Waals surface area contributed by atoms with Crippen molar-refractivity contribution in [1.29, 1.82) is 0 Å². The van der Waals surface area contributed by atoms with E-state index >= 15 is 0 Å². The number of aliphatic hydroxyl groups is 1. The van der Waals surface area contributed by atoms with E-state index in [0.717, 1.165) is 13.1 Å². The quantitative estimate of drug-likeness (QED) is 0.724. The van der Waals surface area contributed by atoms with E-state index in [0.29, 0.717) is 19.1 Å². The summed E-state index contributed by atoms with van der Waals surface area (Å²) in [5.74, 6) is -1.05. The van der Waals surface area contributed by atoms with Crippen LogP contribution in [0, 0.1) is 0 Å². The number of aliphatic hydroxyl groups excluding tert-OH is 1. The Morgan fingerprint density at radius 1 is 1.15 bits per heavy atom. The lowest BCUT2D eigenvalue weighted by atomic mass is 10.2. The summed E-state index contributed by atoms with van der Waals surface area (Å²) in [7, 11) is 0. The second-order valence-electron chi connectivity index (χ2n) is 5.80. The van der Waals surface area contributed by atoms with Crippen LogP contribution >= 0.6 is 0 Å². The summed E-state index contributed by atoms with van der Waals surface area (Å²) in [4.78, 5) is 28.8. The number of carbonyl (C=O) groups is 2. The number of carbonyl (C=O) groups excluding carboxylic acids is 1. The highest BCUT2D eigenvalue weighted by atomic mass is 16.4. The zero-order valence-corrected chi connectivity index (χ0v) is 12.0. The van der Waals surface area contributed by atoms with Crippen molar-refractivity contribution >= 4 is 12.0 Å². The third-order valence-electron chi connectivity index (χ3n) is 4.12. The number of hydrogen-bond acceptors (Lipinski definition) is 4. The molecular formula is C13H23N3O4. The molecule has 2 fully saturated rings. The molecule has 0 bridgehead atoms. The largest absolute Gasteiger partial charge is 0.480 e. The first-order chi connectivity index (χ1) is 9.40. The van der Waals surface area contributed by atoms with Crippen LogP contribution in [0.15, 0.2) is 0 Å². The summed E-state index contributed by atoms with van der Waals surface area (Å²) in [5, 5.41) is 18.7. The molecule has 0 spiro atoms. The maximum absolute atomic E-state index is 12.4. The average molecular weight is 285 g/mol. The van der Waals surface area contributed by atoms with Gasteiger partial charge in [0.15, 0.2) is 0 Å². The number of aliphatic carboxylic acids is 1. The standard InChI is InChI=1S/C13H23N3O4/c1-9(2)14-3-5-15(6-4-14)13(20)16-8-10(17)7-11(16)12(18)19/h9-11,17H,3-8H2,1-2H3,(H,18,19)/t10-,11-/m1/s1. The summed E-state index contributed by atoms with van der Waals surface area (Å²) in [6.45, 7) is 7.17. The van der Waals surface area contributed by atoms with Crippen LogP contribution in [0.25, 0.3) is 0 Å². The molecule has 7 heteroatoms. The minimum atomic E-state index is -1.05. The van der Waals surface area contributed by atoms with Gasteiger partial charge in [-0.1, -0.05) is 0 Å². The lowest BCUT2D eigenvalue weighted by Gasteiger charge is -2.39. The first-order valence-electron chi connectivity index (χ1n) is 7.10. The summed E-state index contributed by atoms with van der Waals surface area (Å²) < 4.78 is 0. The second kappa shape index (κ2) is 5.97. The van der Waals surface area contributed by atoms with Gasteiger partial charge in [-0.25, -0.2) is 9.59 Å². The maximum Gasteiger partial charge on any atom is 0.326 e. The van der Waals surface area contributed by atoms with E-state index in [9.17, 15) is 14.7 Å². The molecule has 0 unspecified atom stereocenters.